The average molecular weight is 731 g/mol. The highest BCUT2D eigenvalue weighted by Gasteiger charge is 2.39. The zero-order chi connectivity index (χ0) is 37.7. The van der Waals surface area contributed by atoms with E-state index >= 15 is 0 Å². The van der Waals surface area contributed by atoms with Crippen molar-refractivity contribution in [3.63, 3.8) is 0 Å². The summed E-state index contributed by atoms with van der Waals surface area (Å²) in [6, 6.07) is 10.5. The Morgan fingerprint density at radius 1 is 0.902 bits per heavy atom. The summed E-state index contributed by atoms with van der Waals surface area (Å²) < 4.78 is 15.7. The van der Waals surface area contributed by atoms with Crippen LogP contribution in [0.15, 0.2) is 54.6 Å². The Hall–Kier alpha value is -4.79. The van der Waals surface area contributed by atoms with Crippen LogP contribution < -0.4 is 31.5 Å². The highest BCUT2D eigenvalue weighted by Crippen LogP contribution is 2.37. The maximum atomic E-state index is 14.0. The molecule has 0 unspecified atom stereocenters. The van der Waals surface area contributed by atoms with E-state index < -0.39 is 67.4 Å². The van der Waals surface area contributed by atoms with Crippen LogP contribution >= 0.6 is 7.82 Å². The SMILES string of the molecule is CC(=O)N[C@@H](Cc1ccc(OP(=O)(O)O)cc1)C(=O)N[C@@H](CC(C)C)C(=O)N1CCC[C@H]1C(=O)N[C@@H](CCC(N)=O)C(=O)NCc1ccccc1. The van der Waals surface area contributed by atoms with Crippen LogP contribution in [0.25, 0.3) is 0 Å². The van der Waals surface area contributed by atoms with Gasteiger partial charge in [0.15, 0.2) is 0 Å². The lowest BCUT2D eigenvalue weighted by Crippen LogP contribution is -2.58. The summed E-state index contributed by atoms with van der Waals surface area (Å²) in [6.45, 7) is 5.39. The van der Waals surface area contributed by atoms with Gasteiger partial charge in [-0.15, -0.1) is 0 Å². The Labute approximate surface area is 296 Å². The number of primary amides is 1. The van der Waals surface area contributed by atoms with Gasteiger partial charge in [-0.2, -0.15) is 0 Å². The van der Waals surface area contributed by atoms with E-state index in [9.17, 15) is 33.3 Å². The van der Waals surface area contributed by atoms with E-state index in [1.165, 1.54) is 36.1 Å². The maximum Gasteiger partial charge on any atom is 0.524 e. The van der Waals surface area contributed by atoms with Gasteiger partial charge >= 0.3 is 7.82 Å². The van der Waals surface area contributed by atoms with Crippen molar-refractivity contribution in [2.45, 2.75) is 90.0 Å². The van der Waals surface area contributed by atoms with Crippen molar-refractivity contribution >= 4 is 43.3 Å². The lowest BCUT2D eigenvalue weighted by atomic mass is 10.00. The molecule has 8 N–H and O–H groups in total. The minimum absolute atomic E-state index is 0.0159. The average Bonchev–Trinajstić information content (AvgIpc) is 3.55. The minimum atomic E-state index is -4.77. The molecule has 1 aliphatic heterocycles. The Kier molecular flexibility index (Phi) is 15.1. The fourth-order valence-electron chi connectivity index (χ4n) is 5.71. The topological polar surface area (TPSA) is 247 Å². The van der Waals surface area contributed by atoms with Crippen LogP contribution in [-0.2, 0) is 46.3 Å². The standard InChI is InChI=1S/C34H47N6O10P/c1-21(2)18-28(39-32(44)27(37-22(3)41)19-23-11-13-25(14-12-23)50-51(47,48)49)34(46)40-17-7-10-29(40)33(45)38-26(15-16-30(35)42)31(43)36-20-24-8-5-4-6-9-24/h4-6,8-9,11-14,21,26-29H,7,10,15-20H2,1-3H3,(H2,35,42)(H,36,43)(H,37,41)(H,38,45)(H,39,44)(H2,47,48,49)/t26-,27-,28-,29-/m0/s1. The van der Waals surface area contributed by atoms with Crippen molar-refractivity contribution in [1.82, 2.24) is 26.2 Å². The lowest BCUT2D eigenvalue weighted by Gasteiger charge is -2.31. The van der Waals surface area contributed by atoms with Gasteiger partial charge in [0.1, 0.15) is 29.9 Å². The molecule has 0 aromatic heterocycles. The first-order chi connectivity index (χ1) is 24.0. The molecule has 1 aliphatic rings. The second-order valence-corrected chi connectivity index (χ2v) is 14.0. The number of carbonyl (C=O) groups is 6. The van der Waals surface area contributed by atoms with E-state index in [1.807, 2.05) is 44.2 Å². The molecule has 51 heavy (non-hydrogen) atoms. The molecule has 0 radical (unpaired) electrons. The molecule has 2 aromatic rings. The Morgan fingerprint density at radius 2 is 1.57 bits per heavy atom. The molecule has 4 atom stereocenters. The molecule has 278 valence electrons. The Morgan fingerprint density at radius 3 is 2.16 bits per heavy atom. The molecule has 6 amide bonds. The normalized spacial score (nSPS) is 16.0. The highest BCUT2D eigenvalue weighted by atomic mass is 31.2. The zero-order valence-corrected chi connectivity index (χ0v) is 29.8. The molecule has 1 saturated heterocycles. The van der Waals surface area contributed by atoms with Crippen LogP contribution in [0.5, 0.6) is 5.75 Å². The number of nitrogens with two attached hydrogens (primary N) is 1. The predicted molar refractivity (Wildman–Crippen MR) is 185 cm³/mol. The summed E-state index contributed by atoms with van der Waals surface area (Å²) in [4.78, 5) is 97.4. The number of hydrogen-bond donors (Lipinski definition) is 7. The van der Waals surface area contributed by atoms with E-state index in [0.29, 0.717) is 18.4 Å². The zero-order valence-electron chi connectivity index (χ0n) is 28.9. The first-order valence-electron chi connectivity index (χ1n) is 16.6. The van der Waals surface area contributed by atoms with Crippen LogP contribution in [0.2, 0.25) is 0 Å². The number of carbonyl (C=O) groups excluding carboxylic acids is 6. The number of nitrogens with one attached hydrogen (secondary N) is 4. The lowest BCUT2D eigenvalue weighted by molar-refractivity contribution is -0.142. The Bertz CT molecular complexity index is 1580. The largest absolute Gasteiger partial charge is 0.524 e. The van der Waals surface area contributed by atoms with Crippen LogP contribution in [0.4, 0.5) is 0 Å². The molecule has 17 heteroatoms. The molecule has 0 aliphatic carbocycles. The molecule has 16 nitrogen and oxygen atoms in total. The first-order valence-corrected chi connectivity index (χ1v) is 18.2. The van der Waals surface area contributed by atoms with Crippen molar-refractivity contribution < 1.29 is 47.6 Å². The third-order valence-corrected chi connectivity index (χ3v) is 8.51. The fraction of sp³-hybridized carbons (Fsp3) is 0.471. The van der Waals surface area contributed by atoms with Crippen molar-refractivity contribution in [2.24, 2.45) is 11.7 Å². The number of nitrogens with zero attached hydrogens (tertiary/aromatic N) is 1. The van der Waals surface area contributed by atoms with Gasteiger partial charge in [-0.1, -0.05) is 56.3 Å². The molecule has 0 bridgehead atoms. The second-order valence-electron chi connectivity index (χ2n) is 12.8. The van der Waals surface area contributed by atoms with Gasteiger partial charge < -0.3 is 36.4 Å². The molecule has 1 heterocycles. The number of likely N-dealkylation sites (tertiary alicyclic amines) is 1. The van der Waals surface area contributed by atoms with E-state index in [-0.39, 0.29) is 50.4 Å². The number of phosphoric acid groups is 1. The minimum Gasteiger partial charge on any atom is -0.404 e. The van der Waals surface area contributed by atoms with Gasteiger partial charge in [0.2, 0.25) is 35.4 Å². The molecular formula is C34H47N6O10P. The summed E-state index contributed by atoms with van der Waals surface area (Å²) in [5.41, 5.74) is 6.69. The summed E-state index contributed by atoms with van der Waals surface area (Å²) in [7, 11) is -4.77. The molecule has 3 rings (SSSR count). The summed E-state index contributed by atoms with van der Waals surface area (Å²) >= 11 is 0. The van der Waals surface area contributed by atoms with Gasteiger partial charge in [-0.05, 0) is 54.9 Å². The molecule has 1 fully saturated rings. The number of benzene rings is 2. The van der Waals surface area contributed by atoms with E-state index in [1.54, 1.807) is 0 Å². The van der Waals surface area contributed by atoms with Crippen LogP contribution in [0.3, 0.4) is 0 Å². The van der Waals surface area contributed by atoms with Gasteiger partial charge in [0, 0.05) is 32.9 Å². The summed E-state index contributed by atoms with van der Waals surface area (Å²) in [5, 5.41) is 10.8. The summed E-state index contributed by atoms with van der Waals surface area (Å²) in [5.74, 6) is -3.53. The van der Waals surface area contributed by atoms with Crippen LogP contribution in [0.1, 0.15) is 64.0 Å². The number of rotatable bonds is 18. The van der Waals surface area contributed by atoms with Gasteiger partial charge in [0.25, 0.3) is 0 Å². The van der Waals surface area contributed by atoms with Crippen molar-refractivity contribution in [1.29, 1.82) is 0 Å². The third-order valence-electron chi connectivity index (χ3n) is 8.06. The molecule has 0 spiro atoms. The highest BCUT2D eigenvalue weighted by molar-refractivity contribution is 7.46. The number of phosphoric ester groups is 1. The smallest absolute Gasteiger partial charge is 0.404 e. The number of hydrogen-bond acceptors (Lipinski definition) is 8. The van der Waals surface area contributed by atoms with Gasteiger partial charge in [-0.3, -0.25) is 38.6 Å². The van der Waals surface area contributed by atoms with Crippen molar-refractivity contribution in [3.05, 3.63) is 65.7 Å². The first kappa shape index (κ1) is 40.6. The van der Waals surface area contributed by atoms with Gasteiger partial charge in [0.05, 0.1) is 0 Å². The molecule has 2 aromatic carbocycles. The third kappa shape index (κ3) is 13.8. The van der Waals surface area contributed by atoms with Gasteiger partial charge in [-0.25, -0.2) is 4.57 Å². The molecule has 0 saturated carbocycles. The van der Waals surface area contributed by atoms with Crippen molar-refractivity contribution in [3.8, 4) is 5.75 Å². The fourth-order valence-corrected chi connectivity index (χ4v) is 6.11. The van der Waals surface area contributed by atoms with Crippen LogP contribution in [-0.4, -0.2) is 80.8 Å². The monoisotopic (exact) mass is 730 g/mol. The van der Waals surface area contributed by atoms with Crippen molar-refractivity contribution in [2.75, 3.05) is 6.54 Å². The van der Waals surface area contributed by atoms with Crippen LogP contribution in [0, 0.1) is 5.92 Å². The van der Waals surface area contributed by atoms with E-state index in [0.717, 1.165) is 5.56 Å². The second kappa shape index (κ2) is 19.0. The Balaban J connectivity index is 1.74. The predicted octanol–water partition coefficient (Wildman–Crippen LogP) is 0.794. The summed E-state index contributed by atoms with van der Waals surface area (Å²) in [6.07, 6.45) is 0.815. The molecular weight excluding hydrogens is 683 g/mol. The maximum absolute atomic E-state index is 14.0. The van der Waals surface area contributed by atoms with E-state index in [2.05, 4.69) is 25.8 Å². The quantitative estimate of drug-likeness (QED) is 0.106. The number of amides is 6. The van der Waals surface area contributed by atoms with E-state index in [4.69, 9.17) is 15.5 Å².